The molecule has 2 aromatic rings. The van der Waals surface area contributed by atoms with Crippen LogP contribution in [0.3, 0.4) is 0 Å². The molecule has 1 heterocycles. The number of hydrogen-bond acceptors (Lipinski definition) is 5. The number of hydrogen-bond donors (Lipinski definition) is 0. The molecule has 0 saturated heterocycles. The molecule has 0 N–H and O–H groups in total. The first-order valence-corrected chi connectivity index (χ1v) is 9.10. The van der Waals surface area contributed by atoms with Crippen molar-refractivity contribution in [3.63, 3.8) is 0 Å². The average Bonchev–Trinajstić information content (AvgIpc) is 2.88. The lowest BCUT2D eigenvalue weighted by Crippen LogP contribution is -2.16. The van der Waals surface area contributed by atoms with E-state index in [-0.39, 0.29) is 11.2 Å². The fourth-order valence-corrected chi connectivity index (χ4v) is 3.53. The molecule has 0 saturated carbocycles. The Kier molecular flexibility index (Phi) is 6.54. The van der Waals surface area contributed by atoms with E-state index in [1.807, 2.05) is 10.6 Å². The Balaban J connectivity index is 2.43. The molecule has 0 aliphatic carbocycles. The van der Waals surface area contributed by atoms with E-state index < -0.39 is 0 Å². The quantitative estimate of drug-likeness (QED) is 0.536. The normalized spacial score (nSPS) is 12.5. The predicted octanol–water partition coefficient (Wildman–Crippen LogP) is 4.56. The number of carbonyl (C=O) groups is 1. The first-order valence-electron chi connectivity index (χ1n) is 7.46. The summed E-state index contributed by atoms with van der Waals surface area (Å²) >= 11 is 13.6. The molecule has 1 aromatic heterocycles. The van der Waals surface area contributed by atoms with Crippen LogP contribution < -0.4 is 0 Å². The van der Waals surface area contributed by atoms with E-state index in [2.05, 4.69) is 24.0 Å². The number of thioether (sulfide) groups is 1. The molecule has 0 radical (unpaired) electrons. The van der Waals surface area contributed by atoms with Crippen molar-refractivity contribution in [2.24, 2.45) is 5.92 Å². The van der Waals surface area contributed by atoms with Crippen molar-refractivity contribution in [3.05, 3.63) is 28.2 Å². The van der Waals surface area contributed by atoms with Gasteiger partial charge in [-0.25, -0.2) is 0 Å². The van der Waals surface area contributed by atoms with Crippen molar-refractivity contribution in [2.45, 2.75) is 37.7 Å². The van der Waals surface area contributed by atoms with E-state index in [0.29, 0.717) is 33.5 Å². The summed E-state index contributed by atoms with van der Waals surface area (Å²) in [7, 11) is 1.37. The number of rotatable bonds is 6. The second-order valence-corrected chi connectivity index (χ2v) is 7.87. The molecule has 0 fully saturated rings. The number of carbonyl (C=O) groups excluding carboxylic acids is 1. The zero-order chi connectivity index (χ0) is 17.9. The van der Waals surface area contributed by atoms with Crippen molar-refractivity contribution in [1.82, 2.24) is 14.8 Å². The van der Waals surface area contributed by atoms with Crippen LogP contribution in [0, 0.1) is 5.92 Å². The highest BCUT2D eigenvalue weighted by Gasteiger charge is 2.22. The fraction of sp³-hybridized carbons (Fsp3) is 0.438. The van der Waals surface area contributed by atoms with Crippen LogP contribution in [0.15, 0.2) is 23.4 Å². The Morgan fingerprint density at radius 3 is 2.58 bits per heavy atom. The zero-order valence-corrected chi connectivity index (χ0v) is 16.2. The molecular formula is C16H19Cl2N3O2S. The molecule has 0 spiro atoms. The number of aromatic nitrogens is 3. The highest BCUT2D eigenvalue weighted by molar-refractivity contribution is 8.00. The van der Waals surface area contributed by atoms with Gasteiger partial charge < -0.3 is 9.30 Å². The van der Waals surface area contributed by atoms with Gasteiger partial charge in [0.15, 0.2) is 11.0 Å². The van der Waals surface area contributed by atoms with Gasteiger partial charge in [-0.1, -0.05) is 48.8 Å². The van der Waals surface area contributed by atoms with E-state index >= 15 is 0 Å². The number of esters is 1. The Morgan fingerprint density at radius 1 is 1.29 bits per heavy atom. The minimum Gasteiger partial charge on any atom is -0.468 e. The van der Waals surface area contributed by atoms with Crippen LogP contribution in [-0.2, 0) is 16.1 Å². The van der Waals surface area contributed by atoms with Crippen LogP contribution in [0.1, 0.15) is 20.8 Å². The lowest BCUT2D eigenvalue weighted by molar-refractivity contribution is -0.139. The fourth-order valence-electron chi connectivity index (χ4n) is 2.15. The van der Waals surface area contributed by atoms with Crippen LogP contribution in [0.4, 0.5) is 0 Å². The summed E-state index contributed by atoms with van der Waals surface area (Å²) in [6, 6.07) is 5.27. The van der Waals surface area contributed by atoms with Gasteiger partial charge in [0.05, 0.1) is 12.1 Å². The molecule has 1 atom stereocenters. The van der Waals surface area contributed by atoms with Crippen LogP contribution in [0.2, 0.25) is 10.0 Å². The number of halogens is 2. The van der Waals surface area contributed by atoms with E-state index in [1.54, 1.807) is 19.1 Å². The van der Waals surface area contributed by atoms with Gasteiger partial charge >= 0.3 is 5.97 Å². The predicted molar refractivity (Wildman–Crippen MR) is 97.7 cm³/mol. The summed E-state index contributed by atoms with van der Waals surface area (Å²) in [4.78, 5) is 11.7. The first kappa shape index (κ1) is 19.1. The number of nitrogens with zero attached hydrogens (tertiary/aromatic N) is 3. The summed E-state index contributed by atoms with van der Waals surface area (Å²) in [6.45, 7) is 6.69. The van der Waals surface area contributed by atoms with E-state index in [1.165, 1.54) is 18.9 Å². The van der Waals surface area contributed by atoms with Gasteiger partial charge in [0.25, 0.3) is 0 Å². The minimum atomic E-state index is -0.376. The largest absolute Gasteiger partial charge is 0.468 e. The maximum atomic E-state index is 11.7. The zero-order valence-electron chi connectivity index (χ0n) is 13.9. The number of ether oxygens (including phenoxy) is 1. The standard InChI is InChI=1S/C16H19Cl2N3O2S/c1-9(2)8-21-14(12-6-5-11(17)7-13(12)18)19-20-16(21)24-10(3)15(22)23-4/h5-7,9-10H,8H2,1-4H3/t10-/m0/s1. The first-order chi connectivity index (χ1) is 11.3. The monoisotopic (exact) mass is 387 g/mol. The highest BCUT2D eigenvalue weighted by Crippen LogP contribution is 2.33. The lowest BCUT2D eigenvalue weighted by atomic mass is 10.2. The maximum absolute atomic E-state index is 11.7. The Morgan fingerprint density at radius 2 is 2.00 bits per heavy atom. The van der Waals surface area contributed by atoms with Gasteiger partial charge in [-0.3, -0.25) is 4.79 Å². The molecule has 0 bridgehead atoms. The van der Waals surface area contributed by atoms with Crippen LogP contribution in [0.5, 0.6) is 0 Å². The van der Waals surface area contributed by atoms with Crippen molar-refractivity contribution >= 4 is 40.9 Å². The highest BCUT2D eigenvalue weighted by atomic mass is 35.5. The van der Waals surface area contributed by atoms with Gasteiger partial charge in [-0.05, 0) is 31.0 Å². The summed E-state index contributed by atoms with van der Waals surface area (Å²) < 4.78 is 6.75. The number of benzene rings is 1. The second-order valence-electron chi connectivity index (χ2n) is 5.72. The molecule has 0 amide bonds. The smallest absolute Gasteiger partial charge is 0.318 e. The molecule has 130 valence electrons. The molecule has 5 nitrogen and oxygen atoms in total. The summed E-state index contributed by atoms with van der Waals surface area (Å²) in [6.07, 6.45) is 0. The topological polar surface area (TPSA) is 57.0 Å². The van der Waals surface area contributed by atoms with E-state index in [9.17, 15) is 4.79 Å². The molecule has 8 heteroatoms. The molecule has 2 rings (SSSR count). The SMILES string of the molecule is COC(=O)[C@H](C)Sc1nnc(-c2ccc(Cl)cc2Cl)n1CC(C)C. The van der Waals surface area contributed by atoms with Gasteiger partial charge in [-0.15, -0.1) is 10.2 Å². The molecular weight excluding hydrogens is 369 g/mol. The average molecular weight is 388 g/mol. The van der Waals surface area contributed by atoms with E-state index in [4.69, 9.17) is 27.9 Å². The van der Waals surface area contributed by atoms with E-state index in [0.717, 1.165) is 5.56 Å². The van der Waals surface area contributed by atoms with Gasteiger partial charge in [0.2, 0.25) is 0 Å². The van der Waals surface area contributed by atoms with Crippen LogP contribution >= 0.6 is 35.0 Å². The molecule has 0 unspecified atom stereocenters. The van der Waals surface area contributed by atoms with Crippen molar-refractivity contribution in [3.8, 4) is 11.4 Å². The molecule has 0 aliphatic rings. The van der Waals surface area contributed by atoms with Crippen LogP contribution in [-0.4, -0.2) is 33.1 Å². The maximum Gasteiger partial charge on any atom is 0.318 e. The second kappa shape index (κ2) is 8.23. The third kappa shape index (κ3) is 4.43. The third-order valence-electron chi connectivity index (χ3n) is 3.25. The Labute approximate surface area is 155 Å². The van der Waals surface area contributed by atoms with Gasteiger partial charge in [-0.2, -0.15) is 0 Å². The van der Waals surface area contributed by atoms with Crippen molar-refractivity contribution in [2.75, 3.05) is 7.11 Å². The summed E-state index contributed by atoms with van der Waals surface area (Å²) in [5, 5.41) is 9.88. The third-order valence-corrected chi connectivity index (χ3v) is 4.86. The summed E-state index contributed by atoms with van der Waals surface area (Å²) in [5.74, 6) is 0.730. The van der Waals surface area contributed by atoms with Gasteiger partial charge in [0.1, 0.15) is 5.25 Å². The minimum absolute atomic E-state index is 0.301. The van der Waals surface area contributed by atoms with Crippen molar-refractivity contribution < 1.29 is 9.53 Å². The molecule has 0 aliphatic heterocycles. The lowest BCUT2D eigenvalue weighted by Gasteiger charge is -2.14. The Hall–Kier alpha value is -1.24. The Bertz CT molecular complexity index is 734. The van der Waals surface area contributed by atoms with Crippen molar-refractivity contribution in [1.29, 1.82) is 0 Å². The summed E-state index contributed by atoms with van der Waals surface area (Å²) in [5.41, 5.74) is 0.756. The van der Waals surface area contributed by atoms with Gasteiger partial charge in [0, 0.05) is 17.1 Å². The molecule has 24 heavy (non-hydrogen) atoms. The number of methoxy groups -OCH3 is 1. The molecule has 1 aromatic carbocycles. The van der Waals surface area contributed by atoms with Crippen LogP contribution in [0.25, 0.3) is 11.4 Å².